The molecule has 0 atom stereocenters. The molecule has 8 heteroatoms. The Morgan fingerprint density at radius 1 is 1.39 bits per heavy atom. The fraction of sp³-hybridized carbons (Fsp3) is 0.467. The summed E-state index contributed by atoms with van der Waals surface area (Å²) in [4.78, 5) is 15.4. The van der Waals surface area contributed by atoms with Crippen LogP contribution >= 0.6 is 12.2 Å². The van der Waals surface area contributed by atoms with Crippen molar-refractivity contribution in [2.75, 3.05) is 18.6 Å². The average Bonchev–Trinajstić information content (AvgIpc) is 2.81. The van der Waals surface area contributed by atoms with Crippen LogP contribution in [0.5, 0.6) is 0 Å². The fourth-order valence-electron chi connectivity index (χ4n) is 2.06. The molecule has 23 heavy (non-hydrogen) atoms. The van der Waals surface area contributed by atoms with Gasteiger partial charge in [0.15, 0.2) is 5.58 Å². The quantitative estimate of drug-likeness (QED) is 0.776. The molecule has 2 N–H and O–H groups in total. The average molecular weight is 356 g/mol. The number of hydrogen-bond acceptors (Lipinski definition) is 5. The summed E-state index contributed by atoms with van der Waals surface area (Å²) < 4.78 is 27.8. The summed E-state index contributed by atoms with van der Waals surface area (Å²) in [7, 11) is -3.01. The first kappa shape index (κ1) is 17.7. The first-order valence-corrected chi connectivity index (χ1v) is 9.61. The van der Waals surface area contributed by atoms with Crippen LogP contribution < -0.4 is 5.32 Å². The fourth-order valence-corrected chi connectivity index (χ4v) is 3.18. The number of aromatic amines is 1. The maximum atomic E-state index is 12.2. The van der Waals surface area contributed by atoms with Crippen LogP contribution in [0.2, 0.25) is 0 Å². The number of carbonyl (C=O) groups excluding carboxylic acids is 1. The van der Waals surface area contributed by atoms with E-state index in [2.05, 4.69) is 10.3 Å². The minimum Gasteiger partial charge on any atom is -0.429 e. The highest BCUT2D eigenvalue weighted by Crippen LogP contribution is 2.20. The predicted octanol–water partition coefficient (Wildman–Crippen LogP) is 2.68. The highest BCUT2D eigenvalue weighted by Gasteiger charge is 2.21. The van der Waals surface area contributed by atoms with Crippen LogP contribution in [0, 0.1) is 10.3 Å². The number of sulfone groups is 1. The highest BCUT2D eigenvalue weighted by molar-refractivity contribution is 7.90. The lowest BCUT2D eigenvalue weighted by atomic mass is 9.90. The van der Waals surface area contributed by atoms with E-state index in [-0.39, 0.29) is 21.9 Å². The zero-order chi connectivity index (χ0) is 17.3. The number of rotatable bonds is 6. The number of H-pyrrole nitrogens is 1. The van der Waals surface area contributed by atoms with Gasteiger partial charge in [-0.25, -0.2) is 8.42 Å². The Bertz CT molecular complexity index is 878. The first-order valence-electron chi connectivity index (χ1n) is 7.15. The first-order chi connectivity index (χ1) is 10.6. The van der Waals surface area contributed by atoms with Gasteiger partial charge in [0.05, 0.1) is 11.3 Å². The number of nitrogens with one attached hydrogen (secondary N) is 2. The minimum atomic E-state index is -3.01. The van der Waals surface area contributed by atoms with E-state index in [4.69, 9.17) is 16.6 Å². The molecule has 0 radical (unpaired) electrons. The van der Waals surface area contributed by atoms with Crippen molar-refractivity contribution < 1.29 is 17.6 Å². The maximum Gasteiger partial charge on any atom is 0.266 e. The van der Waals surface area contributed by atoms with E-state index in [9.17, 15) is 13.2 Å². The van der Waals surface area contributed by atoms with Crippen molar-refractivity contribution in [2.24, 2.45) is 5.41 Å². The Labute approximate surface area is 140 Å². The molecule has 0 aliphatic carbocycles. The van der Waals surface area contributed by atoms with Crippen molar-refractivity contribution in [3.05, 3.63) is 28.6 Å². The van der Waals surface area contributed by atoms with Gasteiger partial charge in [0.1, 0.15) is 9.84 Å². The second-order valence-corrected chi connectivity index (χ2v) is 9.08. The summed E-state index contributed by atoms with van der Waals surface area (Å²) in [5.41, 5.74) is 1.42. The summed E-state index contributed by atoms with van der Waals surface area (Å²) in [5.74, 6) is -0.132. The zero-order valence-electron chi connectivity index (χ0n) is 13.3. The smallest absolute Gasteiger partial charge is 0.266 e. The van der Waals surface area contributed by atoms with Crippen LogP contribution in [0.15, 0.2) is 22.6 Å². The lowest BCUT2D eigenvalue weighted by Crippen LogP contribution is -2.35. The van der Waals surface area contributed by atoms with Crippen molar-refractivity contribution >= 4 is 39.1 Å². The van der Waals surface area contributed by atoms with Crippen molar-refractivity contribution in [3.8, 4) is 0 Å². The Morgan fingerprint density at radius 3 is 2.74 bits per heavy atom. The molecule has 0 bridgehead atoms. The molecule has 2 rings (SSSR count). The number of oxazole rings is 1. The number of benzene rings is 1. The topological polar surface area (TPSA) is 92.2 Å². The number of carbonyl (C=O) groups is 1. The van der Waals surface area contributed by atoms with Crippen LogP contribution in [-0.2, 0) is 9.84 Å². The van der Waals surface area contributed by atoms with E-state index in [0.29, 0.717) is 24.1 Å². The van der Waals surface area contributed by atoms with Gasteiger partial charge in [0, 0.05) is 18.4 Å². The molecular formula is C15H20N2O4S2. The molecule has 126 valence electrons. The lowest BCUT2D eigenvalue weighted by Gasteiger charge is -2.24. The summed E-state index contributed by atoms with van der Waals surface area (Å²) in [6.45, 7) is 4.23. The molecule has 1 amide bonds. The highest BCUT2D eigenvalue weighted by atomic mass is 32.2. The SMILES string of the molecule is CC(C)(CCS(C)(=O)=O)CNC(=O)c1ccc2[nH]c(=S)oc2c1. The van der Waals surface area contributed by atoms with Gasteiger partial charge in [0.2, 0.25) is 0 Å². The number of fused-ring (bicyclic) bond motifs is 1. The van der Waals surface area contributed by atoms with Crippen LogP contribution in [0.1, 0.15) is 30.6 Å². The molecule has 6 nitrogen and oxygen atoms in total. The standard InChI is InChI=1S/C15H20N2O4S2/c1-15(2,6-7-23(3,19)20)9-16-13(18)10-4-5-11-12(8-10)21-14(22)17-11/h4-5,8H,6-7,9H2,1-3H3,(H,16,18)(H,17,22). The molecule has 2 aromatic rings. The van der Waals surface area contributed by atoms with E-state index < -0.39 is 9.84 Å². The molecule has 1 aromatic heterocycles. The second kappa shape index (κ2) is 6.45. The predicted molar refractivity (Wildman–Crippen MR) is 91.8 cm³/mol. The van der Waals surface area contributed by atoms with E-state index in [0.717, 1.165) is 5.52 Å². The molecule has 0 unspecified atom stereocenters. The molecule has 1 heterocycles. The van der Waals surface area contributed by atoms with Crippen LogP contribution in [-0.4, -0.2) is 37.9 Å². The third-order valence-corrected chi connectivity index (χ3v) is 4.69. The Balaban J connectivity index is 2.01. The monoisotopic (exact) mass is 356 g/mol. The number of amides is 1. The molecule has 0 aliphatic heterocycles. The zero-order valence-corrected chi connectivity index (χ0v) is 14.9. The van der Waals surface area contributed by atoms with Crippen molar-refractivity contribution in [1.29, 1.82) is 0 Å². The van der Waals surface area contributed by atoms with Gasteiger partial charge in [-0.05, 0) is 42.3 Å². The van der Waals surface area contributed by atoms with E-state index in [1.165, 1.54) is 6.26 Å². The molecule has 0 saturated heterocycles. The van der Waals surface area contributed by atoms with Gasteiger partial charge >= 0.3 is 0 Å². The molecule has 0 fully saturated rings. The Kier molecular flexibility index (Phi) is 4.95. The van der Waals surface area contributed by atoms with E-state index >= 15 is 0 Å². The van der Waals surface area contributed by atoms with Gasteiger partial charge in [0.25, 0.3) is 10.7 Å². The molecule has 1 aromatic carbocycles. The summed E-state index contributed by atoms with van der Waals surface area (Å²) in [5, 5.41) is 2.84. The molecule has 0 saturated carbocycles. The van der Waals surface area contributed by atoms with Crippen LogP contribution in [0.3, 0.4) is 0 Å². The molecular weight excluding hydrogens is 336 g/mol. The number of aromatic nitrogens is 1. The molecule has 0 aliphatic rings. The van der Waals surface area contributed by atoms with Gasteiger partial charge in [-0.3, -0.25) is 4.79 Å². The van der Waals surface area contributed by atoms with Crippen LogP contribution in [0.25, 0.3) is 11.1 Å². The summed E-state index contributed by atoms with van der Waals surface area (Å²) >= 11 is 4.91. The Morgan fingerprint density at radius 2 is 2.09 bits per heavy atom. The van der Waals surface area contributed by atoms with E-state index in [1.807, 2.05) is 13.8 Å². The van der Waals surface area contributed by atoms with Crippen molar-refractivity contribution in [3.63, 3.8) is 0 Å². The largest absolute Gasteiger partial charge is 0.429 e. The normalized spacial score (nSPS) is 12.5. The third kappa shape index (κ3) is 5.18. The van der Waals surface area contributed by atoms with Gasteiger partial charge in [-0.1, -0.05) is 13.8 Å². The van der Waals surface area contributed by atoms with Crippen LogP contribution in [0.4, 0.5) is 0 Å². The summed E-state index contributed by atoms with van der Waals surface area (Å²) in [6.07, 6.45) is 1.70. The van der Waals surface area contributed by atoms with Gasteiger partial charge in [-0.2, -0.15) is 0 Å². The van der Waals surface area contributed by atoms with Crippen molar-refractivity contribution in [1.82, 2.24) is 10.3 Å². The van der Waals surface area contributed by atoms with E-state index in [1.54, 1.807) is 18.2 Å². The lowest BCUT2D eigenvalue weighted by molar-refractivity contribution is 0.0936. The maximum absolute atomic E-state index is 12.2. The van der Waals surface area contributed by atoms with Gasteiger partial charge < -0.3 is 14.7 Å². The molecule has 0 spiro atoms. The number of hydrogen-bond donors (Lipinski definition) is 2. The third-order valence-electron chi connectivity index (χ3n) is 3.56. The van der Waals surface area contributed by atoms with Crippen molar-refractivity contribution in [2.45, 2.75) is 20.3 Å². The minimum absolute atomic E-state index is 0.103. The van der Waals surface area contributed by atoms with Gasteiger partial charge in [-0.15, -0.1) is 0 Å². The summed E-state index contributed by atoms with van der Waals surface area (Å²) in [6, 6.07) is 5.04. The Hall–Kier alpha value is -1.67. The second-order valence-electron chi connectivity index (χ2n) is 6.45.